The maximum Gasteiger partial charge on any atom is 0.258 e. The minimum Gasteiger partial charge on any atom is -0.336 e. The highest BCUT2D eigenvalue weighted by Gasteiger charge is 2.18. The van der Waals surface area contributed by atoms with E-state index in [1.807, 2.05) is 0 Å². The third-order valence-electron chi connectivity index (χ3n) is 2.57. The molecule has 96 valence electrons. The first kappa shape index (κ1) is 11.7. The van der Waals surface area contributed by atoms with E-state index >= 15 is 0 Å². The van der Waals surface area contributed by atoms with Gasteiger partial charge in [-0.25, -0.2) is 4.98 Å². The Morgan fingerprint density at radius 1 is 1.42 bits per heavy atom. The monoisotopic (exact) mass is 275 g/mol. The molecular weight excluding hydrogens is 266 g/mol. The van der Waals surface area contributed by atoms with Crippen molar-refractivity contribution >= 4 is 33.5 Å². The normalized spacial score (nSPS) is 10.8. The summed E-state index contributed by atoms with van der Waals surface area (Å²) in [6.07, 6.45) is 0. The summed E-state index contributed by atoms with van der Waals surface area (Å²) in [6, 6.07) is 1.70. The lowest BCUT2D eigenvalue weighted by atomic mass is 10.1. The molecule has 0 atom stereocenters. The summed E-state index contributed by atoms with van der Waals surface area (Å²) in [7, 11) is 0. The summed E-state index contributed by atoms with van der Waals surface area (Å²) in [5, 5.41) is 15.0. The van der Waals surface area contributed by atoms with Crippen LogP contribution in [0.4, 0.5) is 5.13 Å². The van der Waals surface area contributed by atoms with Gasteiger partial charge in [0.1, 0.15) is 5.51 Å². The summed E-state index contributed by atoms with van der Waals surface area (Å²) in [5.41, 5.74) is 3.69. The highest BCUT2D eigenvalue weighted by Crippen LogP contribution is 2.23. The summed E-state index contributed by atoms with van der Waals surface area (Å²) in [4.78, 5) is 16.5. The Hall–Kier alpha value is -2.35. The predicted octanol–water partition coefficient (Wildman–Crippen LogP) is 1.94. The molecule has 7 nitrogen and oxygen atoms in total. The number of anilines is 1. The number of aryl methyl sites for hydroxylation is 2. The van der Waals surface area contributed by atoms with Crippen molar-refractivity contribution in [3.63, 3.8) is 0 Å². The fourth-order valence-corrected chi connectivity index (χ4v) is 2.23. The summed E-state index contributed by atoms with van der Waals surface area (Å²) in [6.45, 7) is 3.56. The van der Waals surface area contributed by atoms with Crippen LogP contribution < -0.4 is 5.32 Å². The minimum atomic E-state index is -0.279. The van der Waals surface area contributed by atoms with Crippen LogP contribution in [0.5, 0.6) is 0 Å². The van der Waals surface area contributed by atoms with Crippen LogP contribution in [0.25, 0.3) is 11.1 Å². The number of nitrogens with zero attached hydrogens (tertiary/aromatic N) is 4. The van der Waals surface area contributed by atoms with E-state index in [2.05, 4.69) is 25.7 Å². The van der Waals surface area contributed by atoms with Gasteiger partial charge < -0.3 is 4.52 Å². The third kappa shape index (κ3) is 2.06. The second-order valence-electron chi connectivity index (χ2n) is 3.96. The van der Waals surface area contributed by atoms with Crippen LogP contribution in [0, 0.1) is 13.8 Å². The molecule has 0 unspecified atom stereocenters. The number of amides is 1. The Kier molecular flexibility index (Phi) is 2.71. The van der Waals surface area contributed by atoms with Crippen LogP contribution in [-0.2, 0) is 0 Å². The molecule has 3 rings (SSSR count). The first-order valence-corrected chi connectivity index (χ1v) is 6.34. The summed E-state index contributed by atoms with van der Waals surface area (Å²) >= 11 is 1.25. The number of rotatable bonds is 2. The molecule has 8 heteroatoms. The van der Waals surface area contributed by atoms with Gasteiger partial charge >= 0.3 is 0 Å². The fraction of sp³-hybridized carbons (Fsp3) is 0.182. The SMILES string of the molecule is Cc1cc(C(=O)Nc2nncs2)c2c(C)noc2n1. The molecule has 0 saturated carbocycles. The van der Waals surface area contributed by atoms with Crippen LogP contribution in [-0.4, -0.2) is 26.2 Å². The lowest BCUT2D eigenvalue weighted by Gasteiger charge is -2.03. The quantitative estimate of drug-likeness (QED) is 0.768. The Morgan fingerprint density at radius 3 is 3.00 bits per heavy atom. The zero-order chi connectivity index (χ0) is 13.4. The lowest BCUT2D eigenvalue weighted by molar-refractivity contribution is 0.102. The van der Waals surface area contributed by atoms with E-state index in [1.54, 1.807) is 25.4 Å². The maximum absolute atomic E-state index is 12.3. The van der Waals surface area contributed by atoms with E-state index in [1.165, 1.54) is 11.3 Å². The largest absolute Gasteiger partial charge is 0.336 e. The van der Waals surface area contributed by atoms with Crippen LogP contribution >= 0.6 is 11.3 Å². The topological polar surface area (TPSA) is 93.8 Å². The van der Waals surface area contributed by atoms with E-state index in [-0.39, 0.29) is 5.91 Å². The lowest BCUT2D eigenvalue weighted by Crippen LogP contribution is -2.13. The molecule has 1 N–H and O–H groups in total. The highest BCUT2D eigenvalue weighted by molar-refractivity contribution is 7.13. The standard InChI is InChI=1S/C11H9N5O2S/c1-5-3-7(8-6(2)16-18-10(8)13-5)9(17)14-11-15-12-4-19-11/h3-4H,1-2H3,(H,14,15,17). The summed E-state index contributed by atoms with van der Waals surface area (Å²) < 4.78 is 5.09. The number of carbonyl (C=O) groups is 1. The smallest absolute Gasteiger partial charge is 0.258 e. The van der Waals surface area contributed by atoms with Crippen molar-refractivity contribution < 1.29 is 9.32 Å². The highest BCUT2D eigenvalue weighted by atomic mass is 32.1. The van der Waals surface area contributed by atoms with Gasteiger partial charge in [0.25, 0.3) is 11.6 Å². The van der Waals surface area contributed by atoms with E-state index in [4.69, 9.17) is 4.52 Å². The zero-order valence-electron chi connectivity index (χ0n) is 10.2. The van der Waals surface area contributed by atoms with Crippen molar-refractivity contribution in [1.29, 1.82) is 0 Å². The first-order chi connectivity index (χ1) is 9.15. The van der Waals surface area contributed by atoms with Gasteiger partial charge in [-0.15, -0.1) is 10.2 Å². The van der Waals surface area contributed by atoms with Crippen LogP contribution in [0.1, 0.15) is 21.7 Å². The third-order valence-corrected chi connectivity index (χ3v) is 3.18. The van der Waals surface area contributed by atoms with Crippen LogP contribution in [0.15, 0.2) is 16.1 Å². The Morgan fingerprint density at radius 2 is 2.26 bits per heavy atom. The molecule has 0 aliphatic heterocycles. The molecular formula is C11H9N5O2S. The second-order valence-corrected chi connectivity index (χ2v) is 4.79. The van der Waals surface area contributed by atoms with E-state index in [9.17, 15) is 4.79 Å². The first-order valence-electron chi connectivity index (χ1n) is 5.46. The maximum atomic E-state index is 12.3. The van der Waals surface area contributed by atoms with Gasteiger partial charge in [0.05, 0.1) is 16.6 Å². The molecule has 0 radical (unpaired) electrons. The number of nitrogens with one attached hydrogen (secondary N) is 1. The van der Waals surface area contributed by atoms with Crippen molar-refractivity contribution in [2.75, 3.05) is 5.32 Å². The minimum absolute atomic E-state index is 0.279. The van der Waals surface area contributed by atoms with Gasteiger partial charge in [-0.05, 0) is 19.9 Å². The molecule has 1 amide bonds. The van der Waals surface area contributed by atoms with Gasteiger partial charge in [-0.3, -0.25) is 10.1 Å². The van der Waals surface area contributed by atoms with Crippen LogP contribution in [0.2, 0.25) is 0 Å². The number of pyridine rings is 1. The van der Waals surface area contributed by atoms with Crippen molar-refractivity contribution in [1.82, 2.24) is 20.3 Å². The van der Waals surface area contributed by atoms with Crippen molar-refractivity contribution in [2.24, 2.45) is 0 Å². The van der Waals surface area contributed by atoms with Gasteiger partial charge in [-0.2, -0.15) is 0 Å². The Labute approximate surface area is 111 Å². The molecule has 0 bridgehead atoms. The molecule has 0 aliphatic carbocycles. The molecule has 3 heterocycles. The van der Waals surface area contributed by atoms with Gasteiger partial charge in [-0.1, -0.05) is 16.5 Å². The summed E-state index contributed by atoms with van der Waals surface area (Å²) in [5.74, 6) is -0.279. The molecule has 0 aliphatic rings. The van der Waals surface area contributed by atoms with Crippen molar-refractivity contribution in [3.05, 3.63) is 28.5 Å². The molecule has 0 spiro atoms. The van der Waals surface area contributed by atoms with E-state index in [0.717, 1.165) is 0 Å². The average Bonchev–Trinajstić information content (AvgIpc) is 2.99. The number of fused-ring (bicyclic) bond motifs is 1. The Bertz CT molecular complexity index is 750. The fourth-order valence-electron chi connectivity index (χ4n) is 1.79. The zero-order valence-corrected chi connectivity index (χ0v) is 11.0. The molecule has 3 aromatic heterocycles. The van der Waals surface area contributed by atoms with E-state index < -0.39 is 0 Å². The molecule has 0 aromatic carbocycles. The van der Waals surface area contributed by atoms with Crippen LogP contribution in [0.3, 0.4) is 0 Å². The molecule has 0 fully saturated rings. The van der Waals surface area contributed by atoms with Crippen molar-refractivity contribution in [3.8, 4) is 0 Å². The van der Waals surface area contributed by atoms with Gasteiger partial charge in [0, 0.05) is 5.69 Å². The van der Waals surface area contributed by atoms with Gasteiger partial charge in [0.15, 0.2) is 0 Å². The average molecular weight is 275 g/mol. The van der Waals surface area contributed by atoms with E-state index in [0.29, 0.717) is 33.2 Å². The number of hydrogen-bond acceptors (Lipinski definition) is 7. The van der Waals surface area contributed by atoms with Crippen molar-refractivity contribution in [2.45, 2.75) is 13.8 Å². The number of hydrogen-bond donors (Lipinski definition) is 1. The predicted molar refractivity (Wildman–Crippen MR) is 69.1 cm³/mol. The Balaban J connectivity index is 2.08. The molecule has 3 aromatic rings. The van der Waals surface area contributed by atoms with Gasteiger partial charge in [0.2, 0.25) is 5.13 Å². The molecule has 0 saturated heterocycles. The second kappa shape index (κ2) is 4.39. The number of aromatic nitrogens is 4. The molecule has 19 heavy (non-hydrogen) atoms. The number of carbonyl (C=O) groups excluding carboxylic acids is 1.